The number of carbonyl (C=O) groups is 2. The van der Waals surface area contributed by atoms with Gasteiger partial charge in [0.1, 0.15) is 6.54 Å². The van der Waals surface area contributed by atoms with Crippen LogP contribution in [0.15, 0.2) is 30.3 Å². The number of quaternary nitrogens is 1. The predicted molar refractivity (Wildman–Crippen MR) is 94.9 cm³/mol. The van der Waals surface area contributed by atoms with E-state index in [2.05, 4.69) is 24.3 Å². The van der Waals surface area contributed by atoms with Gasteiger partial charge in [-0.3, -0.25) is 9.59 Å². The summed E-state index contributed by atoms with van der Waals surface area (Å²) in [6.07, 6.45) is 2.69. The Bertz CT molecular complexity index is 528. The van der Waals surface area contributed by atoms with Crippen LogP contribution in [0.1, 0.15) is 38.7 Å². The maximum Gasteiger partial charge on any atom is 0.320 e. The molecule has 1 aliphatic rings. The molecule has 138 valence electrons. The van der Waals surface area contributed by atoms with E-state index >= 15 is 0 Å². The summed E-state index contributed by atoms with van der Waals surface area (Å²) in [5.41, 5.74) is 1.32. The number of rotatable bonds is 8. The van der Waals surface area contributed by atoms with E-state index < -0.39 is 17.9 Å². The van der Waals surface area contributed by atoms with Crippen LogP contribution in [0, 0.1) is 11.8 Å². The first-order chi connectivity index (χ1) is 12.1. The number of nitrogens with one attached hydrogen (secondary N) is 1. The van der Waals surface area contributed by atoms with Crippen molar-refractivity contribution in [2.45, 2.75) is 39.7 Å². The number of ether oxygens (including phenoxy) is 2. The third kappa shape index (κ3) is 6.16. The van der Waals surface area contributed by atoms with Crippen LogP contribution in [0.4, 0.5) is 0 Å². The number of esters is 2. The quantitative estimate of drug-likeness (QED) is 0.573. The summed E-state index contributed by atoms with van der Waals surface area (Å²) in [5.74, 6) is -1.35. The summed E-state index contributed by atoms with van der Waals surface area (Å²) in [6, 6.07) is 10.5. The van der Waals surface area contributed by atoms with Gasteiger partial charge < -0.3 is 14.4 Å². The molecule has 1 aromatic carbocycles. The molecule has 2 rings (SSSR count). The lowest BCUT2D eigenvalue weighted by molar-refractivity contribution is -0.922. The van der Waals surface area contributed by atoms with Crippen LogP contribution in [-0.4, -0.2) is 38.2 Å². The van der Waals surface area contributed by atoms with E-state index in [1.165, 1.54) is 10.5 Å². The molecular formula is C20H30NO4+. The Hall–Kier alpha value is -1.88. The molecule has 1 unspecified atom stereocenters. The van der Waals surface area contributed by atoms with Crippen LogP contribution < -0.4 is 4.90 Å². The highest BCUT2D eigenvalue weighted by Crippen LogP contribution is 2.21. The predicted octanol–water partition coefficient (Wildman–Crippen LogP) is 1.61. The average molecular weight is 348 g/mol. The van der Waals surface area contributed by atoms with E-state index in [9.17, 15) is 9.59 Å². The molecule has 1 aliphatic heterocycles. The van der Waals surface area contributed by atoms with Gasteiger partial charge in [0.15, 0.2) is 5.92 Å². The molecule has 1 fully saturated rings. The van der Waals surface area contributed by atoms with E-state index in [-0.39, 0.29) is 13.2 Å². The van der Waals surface area contributed by atoms with Crippen molar-refractivity contribution in [2.75, 3.05) is 26.3 Å². The molecule has 0 saturated carbocycles. The zero-order valence-corrected chi connectivity index (χ0v) is 15.3. The van der Waals surface area contributed by atoms with Gasteiger partial charge in [-0.25, -0.2) is 0 Å². The van der Waals surface area contributed by atoms with Gasteiger partial charge in [-0.2, -0.15) is 0 Å². The fourth-order valence-corrected chi connectivity index (χ4v) is 3.61. The molecule has 5 nitrogen and oxygen atoms in total. The summed E-state index contributed by atoms with van der Waals surface area (Å²) in [6.45, 7) is 7.18. The Labute approximate surface area is 150 Å². The number of carbonyl (C=O) groups excluding carboxylic acids is 2. The normalized spacial score (nSPS) is 20.3. The maximum absolute atomic E-state index is 12.2. The Kier molecular flexibility index (Phi) is 7.92. The van der Waals surface area contributed by atoms with Crippen molar-refractivity contribution in [3.8, 4) is 0 Å². The van der Waals surface area contributed by atoms with Crippen molar-refractivity contribution < 1.29 is 24.0 Å². The molecule has 2 atom stereocenters. The van der Waals surface area contributed by atoms with Gasteiger partial charge >= 0.3 is 11.9 Å². The summed E-state index contributed by atoms with van der Waals surface area (Å²) in [5, 5.41) is 0. The van der Waals surface area contributed by atoms with E-state index in [1.54, 1.807) is 13.8 Å². The van der Waals surface area contributed by atoms with Crippen molar-refractivity contribution in [1.29, 1.82) is 0 Å². The van der Waals surface area contributed by atoms with E-state index in [0.717, 1.165) is 32.5 Å². The summed E-state index contributed by atoms with van der Waals surface area (Å²) in [4.78, 5) is 25.9. The molecule has 25 heavy (non-hydrogen) atoms. The van der Waals surface area contributed by atoms with Crippen molar-refractivity contribution in [3.63, 3.8) is 0 Å². The first kappa shape index (κ1) is 19.4. The minimum atomic E-state index is -0.791. The van der Waals surface area contributed by atoms with Gasteiger partial charge in [-0.1, -0.05) is 30.3 Å². The van der Waals surface area contributed by atoms with Crippen LogP contribution in [0.2, 0.25) is 0 Å². The molecule has 0 spiro atoms. The minimum absolute atomic E-state index is 0.283. The third-order valence-electron chi connectivity index (χ3n) is 4.73. The average Bonchev–Trinajstić information content (AvgIpc) is 2.61. The standard InChI is InChI=1S/C20H29NO4/c1-3-24-19(22)18(20(23)25-4-2)13-17-11-8-12-21(15-17)14-16-9-6-5-7-10-16/h5-7,9-10,17-18H,3-4,8,11-15H2,1-2H3/p+1/t17-/m1/s1. The zero-order valence-electron chi connectivity index (χ0n) is 15.3. The van der Waals surface area contributed by atoms with Crippen LogP contribution in [0.25, 0.3) is 0 Å². The largest absolute Gasteiger partial charge is 0.465 e. The van der Waals surface area contributed by atoms with Crippen molar-refractivity contribution in [1.82, 2.24) is 0 Å². The number of hydrogen-bond acceptors (Lipinski definition) is 4. The Morgan fingerprint density at radius 1 is 1.12 bits per heavy atom. The van der Waals surface area contributed by atoms with Gasteiger partial charge in [-0.15, -0.1) is 0 Å². The Morgan fingerprint density at radius 2 is 1.76 bits per heavy atom. The summed E-state index contributed by atoms with van der Waals surface area (Å²) >= 11 is 0. The maximum atomic E-state index is 12.2. The fraction of sp³-hybridized carbons (Fsp3) is 0.600. The molecule has 1 heterocycles. The molecular weight excluding hydrogens is 318 g/mol. The number of likely N-dealkylation sites (tertiary alicyclic amines) is 1. The smallest absolute Gasteiger partial charge is 0.320 e. The molecule has 1 saturated heterocycles. The molecule has 0 radical (unpaired) electrons. The number of piperidine rings is 1. The topological polar surface area (TPSA) is 57.0 Å². The van der Waals surface area contributed by atoms with E-state index in [0.29, 0.717) is 12.3 Å². The molecule has 5 heteroatoms. The van der Waals surface area contributed by atoms with Crippen molar-refractivity contribution in [3.05, 3.63) is 35.9 Å². The third-order valence-corrected chi connectivity index (χ3v) is 4.73. The molecule has 0 bridgehead atoms. The number of benzene rings is 1. The second-order valence-electron chi connectivity index (χ2n) is 6.67. The second kappa shape index (κ2) is 10.2. The molecule has 1 aromatic rings. The van der Waals surface area contributed by atoms with Gasteiger partial charge in [0, 0.05) is 11.5 Å². The molecule has 1 N–H and O–H groups in total. The first-order valence-corrected chi connectivity index (χ1v) is 9.34. The fourth-order valence-electron chi connectivity index (χ4n) is 3.61. The SMILES string of the molecule is CCOC(=O)C(C[C@H]1CCC[NH+](Cc2ccccc2)C1)C(=O)OCC. The van der Waals surface area contributed by atoms with E-state index in [1.807, 2.05) is 6.07 Å². The lowest BCUT2D eigenvalue weighted by atomic mass is 9.88. The van der Waals surface area contributed by atoms with Gasteiger partial charge in [0.25, 0.3) is 0 Å². The highest BCUT2D eigenvalue weighted by atomic mass is 16.6. The van der Waals surface area contributed by atoms with Crippen molar-refractivity contribution >= 4 is 11.9 Å². The van der Waals surface area contributed by atoms with Crippen LogP contribution in [-0.2, 0) is 25.6 Å². The lowest BCUT2D eigenvalue weighted by Gasteiger charge is -2.31. The first-order valence-electron chi connectivity index (χ1n) is 9.34. The molecule has 0 amide bonds. The highest BCUT2D eigenvalue weighted by Gasteiger charge is 2.35. The second-order valence-corrected chi connectivity index (χ2v) is 6.67. The van der Waals surface area contributed by atoms with Gasteiger partial charge in [-0.05, 0) is 33.1 Å². The summed E-state index contributed by atoms with van der Waals surface area (Å²) < 4.78 is 10.2. The lowest BCUT2D eigenvalue weighted by Crippen LogP contribution is -3.12. The number of hydrogen-bond donors (Lipinski definition) is 1. The monoisotopic (exact) mass is 348 g/mol. The molecule has 0 aliphatic carbocycles. The Balaban J connectivity index is 1.95. The van der Waals surface area contributed by atoms with Crippen LogP contribution >= 0.6 is 0 Å². The van der Waals surface area contributed by atoms with Crippen molar-refractivity contribution in [2.24, 2.45) is 11.8 Å². The van der Waals surface area contributed by atoms with Gasteiger partial charge in [0.05, 0.1) is 26.3 Å². The Morgan fingerprint density at radius 3 is 2.36 bits per heavy atom. The van der Waals surface area contributed by atoms with E-state index in [4.69, 9.17) is 9.47 Å². The van der Waals surface area contributed by atoms with Gasteiger partial charge in [0.2, 0.25) is 0 Å². The minimum Gasteiger partial charge on any atom is -0.465 e. The highest BCUT2D eigenvalue weighted by molar-refractivity contribution is 5.94. The zero-order chi connectivity index (χ0) is 18.1. The molecule has 0 aromatic heterocycles. The van der Waals surface area contributed by atoms with Crippen LogP contribution in [0.5, 0.6) is 0 Å². The van der Waals surface area contributed by atoms with Crippen LogP contribution in [0.3, 0.4) is 0 Å². The summed E-state index contributed by atoms with van der Waals surface area (Å²) in [7, 11) is 0.